The lowest BCUT2D eigenvalue weighted by molar-refractivity contribution is -0.129. The molecule has 1 amide bonds. The third-order valence-electron chi connectivity index (χ3n) is 7.18. The largest absolute Gasteiger partial charge is 0.430 e. The van der Waals surface area contributed by atoms with E-state index < -0.39 is 29.8 Å². The Morgan fingerprint density at radius 2 is 1.98 bits per heavy atom. The van der Waals surface area contributed by atoms with Gasteiger partial charge in [-0.2, -0.15) is 18.3 Å². The maximum Gasteiger partial charge on any atom is 0.430 e. The van der Waals surface area contributed by atoms with Crippen LogP contribution < -0.4 is 10.9 Å². The average Bonchev–Trinajstić information content (AvgIpc) is 2.93. The van der Waals surface area contributed by atoms with E-state index in [1.54, 1.807) is 31.2 Å². The Labute approximate surface area is 228 Å². The number of piperazine rings is 1. The number of aliphatic hydroxyl groups is 1. The molecule has 0 spiro atoms. The van der Waals surface area contributed by atoms with Crippen LogP contribution in [0.1, 0.15) is 26.0 Å². The first-order chi connectivity index (χ1) is 18.9. The summed E-state index contributed by atoms with van der Waals surface area (Å²) in [6, 6.07) is 6.97. The zero-order valence-electron chi connectivity index (χ0n) is 22.2. The van der Waals surface area contributed by atoms with Crippen molar-refractivity contribution in [2.75, 3.05) is 26.2 Å². The summed E-state index contributed by atoms with van der Waals surface area (Å²) in [6.45, 7) is 6.15. The molecule has 0 bridgehead atoms. The zero-order chi connectivity index (χ0) is 29.2. The Morgan fingerprint density at radius 3 is 2.65 bits per heavy atom. The topological polar surface area (TPSA) is 102 Å². The Kier molecular flexibility index (Phi) is 8.59. The van der Waals surface area contributed by atoms with Gasteiger partial charge in [-0.25, -0.2) is 9.49 Å². The summed E-state index contributed by atoms with van der Waals surface area (Å²) in [5.74, 6) is -1.69. The lowest BCUT2D eigenvalue weighted by atomic mass is 9.89. The number of nitrogens with one attached hydrogen (secondary N) is 2. The minimum atomic E-state index is -4.71. The number of allylic oxidation sites excluding steroid dienone is 3. The van der Waals surface area contributed by atoms with Crippen molar-refractivity contribution < 1.29 is 27.5 Å². The molecule has 2 heterocycles. The number of aromatic nitrogens is 2. The summed E-state index contributed by atoms with van der Waals surface area (Å²) in [6.07, 6.45) is -2.50. The summed E-state index contributed by atoms with van der Waals surface area (Å²) in [7, 11) is 0. The van der Waals surface area contributed by atoms with Gasteiger partial charge < -0.3 is 14.9 Å². The molecule has 2 unspecified atom stereocenters. The van der Waals surface area contributed by atoms with Gasteiger partial charge in [-0.15, -0.1) is 0 Å². The van der Waals surface area contributed by atoms with Gasteiger partial charge in [0.25, 0.3) is 11.5 Å². The second kappa shape index (κ2) is 11.8. The highest BCUT2D eigenvalue weighted by Crippen LogP contribution is 2.34. The van der Waals surface area contributed by atoms with Crippen molar-refractivity contribution in [1.82, 2.24) is 25.3 Å². The molecule has 1 fully saturated rings. The van der Waals surface area contributed by atoms with Crippen LogP contribution >= 0.6 is 0 Å². The van der Waals surface area contributed by atoms with E-state index in [9.17, 15) is 32.3 Å². The van der Waals surface area contributed by atoms with Crippen LogP contribution in [0.15, 0.2) is 76.2 Å². The third kappa shape index (κ3) is 6.02. The number of likely N-dealkylation sites (N-methyl/N-ethyl adjacent to an activating group) is 1. The average molecular weight is 562 g/mol. The maximum atomic E-state index is 15.0. The molecule has 0 saturated carbocycles. The molecule has 1 aromatic carbocycles. The summed E-state index contributed by atoms with van der Waals surface area (Å²) in [5.41, 5.74) is -0.759. The van der Waals surface area contributed by atoms with E-state index in [0.29, 0.717) is 35.9 Å². The van der Waals surface area contributed by atoms with E-state index in [0.717, 1.165) is 4.90 Å². The molecule has 2 aliphatic rings. The quantitative estimate of drug-likeness (QED) is 0.352. The molecule has 4 rings (SSSR count). The predicted octanol–water partition coefficient (Wildman–Crippen LogP) is 3.69. The van der Waals surface area contributed by atoms with Gasteiger partial charge in [0.1, 0.15) is 17.8 Å². The van der Waals surface area contributed by atoms with Gasteiger partial charge >= 0.3 is 6.18 Å². The number of hydrogen-bond donors (Lipinski definition) is 3. The molecule has 3 N–H and O–H groups in total. The molecular weight excluding hydrogens is 530 g/mol. The second-order valence-corrected chi connectivity index (χ2v) is 9.79. The lowest BCUT2D eigenvalue weighted by Gasteiger charge is -2.41. The van der Waals surface area contributed by atoms with Crippen LogP contribution in [0.25, 0.3) is 10.8 Å². The Morgan fingerprint density at radius 1 is 1.27 bits per heavy atom. The van der Waals surface area contributed by atoms with Gasteiger partial charge in [0.2, 0.25) is 0 Å². The molecule has 0 radical (unpaired) electrons. The molecular formula is C28H31F4N5O3. The number of nitrogens with zero attached hydrogens (tertiary/aromatic N) is 3. The van der Waals surface area contributed by atoms with E-state index in [1.165, 1.54) is 24.0 Å². The molecule has 1 aliphatic heterocycles. The summed E-state index contributed by atoms with van der Waals surface area (Å²) < 4.78 is 55.6. The van der Waals surface area contributed by atoms with Gasteiger partial charge in [-0.05, 0) is 49.9 Å². The van der Waals surface area contributed by atoms with Crippen molar-refractivity contribution in [2.45, 2.75) is 39.1 Å². The summed E-state index contributed by atoms with van der Waals surface area (Å²) in [5, 5.41) is 21.0. The number of rotatable bonds is 7. The molecule has 1 aromatic heterocycles. The van der Waals surface area contributed by atoms with Gasteiger partial charge in [-0.3, -0.25) is 14.9 Å². The van der Waals surface area contributed by atoms with Gasteiger partial charge in [0, 0.05) is 24.2 Å². The van der Waals surface area contributed by atoms with Crippen LogP contribution in [0.4, 0.5) is 17.6 Å². The molecule has 40 heavy (non-hydrogen) atoms. The minimum Gasteiger partial charge on any atom is -0.375 e. The van der Waals surface area contributed by atoms with E-state index >= 15 is 0 Å². The van der Waals surface area contributed by atoms with Crippen LogP contribution in [-0.2, 0) is 11.2 Å². The third-order valence-corrected chi connectivity index (χ3v) is 7.18. The number of carbonyl (C=O) groups is 1. The Hall–Kier alpha value is -3.77. The number of fused-ring (bicyclic) bond motifs is 1. The molecule has 12 heteroatoms. The second-order valence-electron chi connectivity index (χ2n) is 9.79. The number of H-pyrrole nitrogens is 1. The number of aliphatic hydroxyl groups excluding tert-OH is 1. The molecule has 2 atom stereocenters. The van der Waals surface area contributed by atoms with Crippen LogP contribution in [0.2, 0.25) is 0 Å². The van der Waals surface area contributed by atoms with Crippen molar-refractivity contribution in [3.63, 3.8) is 0 Å². The molecule has 2 aromatic rings. The van der Waals surface area contributed by atoms with Gasteiger partial charge in [0.05, 0.1) is 23.2 Å². The van der Waals surface area contributed by atoms with Crippen molar-refractivity contribution in [1.29, 1.82) is 0 Å². The van der Waals surface area contributed by atoms with Gasteiger partial charge in [-0.1, -0.05) is 37.8 Å². The minimum absolute atomic E-state index is 0.0663. The first-order valence-electron chi connectivity index (χ1n) is 12.9. The van der Waals surface area contributed by atoms with E-state index in [4.69, 9.17) is 0 Å². The monoisotopic (exact) mass is 561 g/mol. The molecule has 1 saturated heterocycles. The SMILES string of the molecule is C=C(N1CCN(C(=O)C2=CC(Cc3n[nH]c(=O)c4ccccc34)CC=C2F)C/C1=C(/C)C(O)NCC)C(F)(F)F. The molecule has 1 aliphatic carbocycles. The Bertz CT molecular complexity index is 1460. The predicted molar refractivity (Wildman–Crippen MR) is 142 cm³/mol. The summed E-state index contributed by atoms with van der Waals surface area (Å²) in [4.78, 5) is 27.9. The normalized spacial score (nSPS) is 20.2. The highest BCUT2D eigenvalue weighted by atomic mass is 19.4. The van der Waals surface area contributed by atoms with Crippen LogP contribution in [0.5, 0.6) is 0 Å². The van der Waals surface area contributed by atoms with Crippen LogP contribution in [0, 0.1) is 5.92 Å². The van der Waals surface area contributed by atoms with E-state index in [2.05, 4.69) is 22.1 Å². The maximum absolute atomic E-state index is 15.0. The standard InChI is InChI=1S/C28H31F4N5O3/c1-4-33-25(38)16(2)24-15-36(11-12-37(24)17(3)28(30,31)32)27(40)21-13-18(9-10-22(21)29)14-23-19-7-5-6-8-20(19)26(39)35-34-23/h5-8,10,13,18,25,33,38H,3-4,9,11-12,14-15H2,1-2H3,(H,35,39)/b24-16+. The number of carbonyl (C=O) groups excluding carboxylic acids is 1. The number of halogens is 4. The summed E-state index contributed by atoms with van der Waals surface area (Å²) >= 11 is 0. The first-order valence-corrected chi connectivity index (χ1v) is 12.9. The Balaban J connectivity index is 1.61. The van der Waals surface area contributed by atoms with Crippen LogP contribution in [0.3, 0.4) is 0 Å². The smallest absolute Gasteiger partial charge is 0.375 e. The highest BCUT2D eigenvalue weighted by Gasteiger charge is 2.41. The zero-order valence-corrected chi connectivity index (χ0v) is 22.2. The lowest BCUT2D eigenvalue weighted by Crippen LogP contribution is -2.50. The van der Waals surface area contributed by atoms with Crippen molar-refractivity contribution >= 4 is 16.7 Å². The van der Waals surface area contributed by atoms with Crippen molar-refractivity contribution in [3.8, 4) is 0 Å². The number of benzene rings is 1. The molecule has 8 nitrogen and oxygen atoms in total. The first kappa shape index (κ1) is 29.2. The van der Waals surface area contributed by atoms with Crippen molar-refractivity contribution in [2.24, 2.45) is 5.92 Å². The fraction of sp³-hybridized carbons (Fsp3) is 0.393. The van der Waals surface area contributed by atoms with Crippen LogP contribution in [-0.4, -0.2) is 69.6 Å². The molecule has 214 valence electrons. The van der Waals surface area contributed by atoms with Gasteiger partial charge in [0.15, 0.2) is 0 Å². The highest BCUT2D eigenvalue weighted by molar-refractivity contribution is 5.97. The number of amides is 1. The fourth-order valence-corrected chi connectivity index (χ4v) is 4.98. The van der Waals surface area contributed by atoms with Crippen molar-refractivity contribution in [3.05, 3.63) is 87.4 Å². The fourth-order valence-electron chi connectivity index (χ4n) is 4.98. The number of hydrogen-bond acceptors (Lipinski definition) is 6. The van der Waals surface area contributed by atoms with E-state index in [1.807, 2.05) is 0 Å². The van der Waals surface area contributed by atoms with E-state index in [-0.39, 0.29) is 48.0 Å². The number of aromatic amines is 1. The number of alkyl halides is 3.